The van der Waals surface area contributed by atoms with Crippen molar-refractivity contribution in [3.63, 3.8) is 0 Å². The van der Waals surface area contributed by atoms with Crippen molar-refractivity contribution in [2.24, 2.45) is 5.41 Å². The molecule has 0 saturated heterocycles. The summed E-state index contributed by atoms with van der Waals surface area (Å²) in [6, 6.07) is 9.92. The largest absolute Gasteiger partial charge is 0.497 e. The minimum Gasteiger partial charge on any atom is -0.497 e. The molecular formula is C24H32N2O3S. The first-order chi connectivity index (χ1) is 14.3. The Hall–Kier alpha value is -2.34. The van der Waals surface area contributed by atoms with Crippen molar-refractivity contribution in [2.45, 2.75) is 46.6 Å². The average Bonchev–Trinajstić information content (AvgIpc) is 3.20. The van der Waals surface area contributed by atoms with Crippen LogP contribution in [-0.4, -0.2) is 48.4 Å². The lowest BCUT2D eigenvalue weighted by atomic mass is 9.92. The predicted molar refractivity (Wildman–Crippen MR) is 121 cm³/mol. The molecule has 0 saturated carbocycles. The highest BCUT2D eigenvalue weighted by Crippen LogP contribution is 2.38. The van der Waals surface area contributed by atoms with Gasteiger partial charge in [0.1, 0.15) is 5.75 Å². The highest BCUT2D eigenvalue weighted by atomic mass is 32.1. The number of fused-ring (bicyclic) bond motifs is 1. The zero-order chi connectivity index (χ0) is 21.9. The van der Waals surface area contributed by atoms with E-state index in [1.54, 1.807) is 23.3 Å². The first-order valence-corrected chi connectivity index (χ1v) is 11.4. The van der Waals surface area contributed by atoms with Crippen LogP contribution in [0.4, 0.5) is 0 Å². The molecule has 3 rings (SSSR count). The Bertz CT molecular complexity index is 883. The van der Waals surface area contributed by atoms with Crippen molar-refractivity contribution in [3.8, 4) is 5.75 Å². The Morgan fingerprint density at radius 1 is 1.20 bits per heavy atom. The monoisotopic (exact) mass is 428 g/mol. The van der Waals surface area contributed by atoms with E-state index in [1.807, 2.05) is 56.9 Å². The third-order valence-electron chi connectivity index (χ3n) is 5.47. The number of benzene rings is 1. The molecule has 0 unspecified atom stereocenters. The number of rotatable bonds is 6. The second kappa shape index (κ2) is 9.21. The maximum absolute atomic E-state index is 13.5. The molecule has 0 fully saturated rings. The summed E-state index contributed by atoms with van der Waals surface area (Å²) in [5.74, 6) is 0.813. The minimum atomic E-state index is -0.507. The molecule has 0 N–H and O–H groups in total. The fourth-order valence-corrected chi connectivity index (χ4v) is 4.89. The molecule has 1 aliphatic heterocycles. The van der Waals surface area contributed by atoms with Gasteiger partial charge in [0, 0.05) is 23.4 Å². The van der Waals surface area contributed by atoms with Crippen LogP contribution < -0.4 is 4.74 Å². The predicted octanol–water partition coefficient (Wildman–Crippen LogP) is 4.52. The number of thiophene rings is 1. The van der Waals surface area contributed by atoms with E-state index in [4.69, 9.17) is 4.74 Å². The number of carbonyl (C=O) groups excluding carboxylic acids is 2. The second-order valence-corrected chi connectivity index (χ2v) is 9.79. The second-order valence-electron chi connectivity index (χ2n) is 8.79. The number of carbonyl (C=O) groups is 2. The van der Waals surface area contributed by atoms with Crippen LogP contribution in [0, 0.1) is 5.41 Å². The van der Waals surface area contributed by atoms with Crippen LogP contribution in [0.25, 0.3) is 0 Å². The quantitative estimate of drug-likeness (QED) is 0.680. The topological polar surface area (TPSA) is 49.9 Å². The van der Waals surface area contributed by atoms with Crippen LogP contribution in [0.2, 0.25) is 0 Å². The SMILES string of the molecule is CCCN(CC(=O)N1CCc2sccc2[C@H]1c1ccc(OC)cc1)C(=O)C(C)(C)C. The zero-order valence-corrected chi connectivity index (χ0v) is 19.4. The summed E-state index contributed by atoms with van der Waals surface area (Å²) in [4.78, 5) is 31.3. The molecule has 30 heavy (non-hydrogen) atoms. The maximum Gasteiger partial charge on any atom is 0.242 e. The molecule has 1 atom stereocenters. The molecule has 2 amide bonds. The molecule has 0 spiro atoms. The lowest BCUT2D eigenvalue weighted by Gasteiger charge is -2.38. The first kappa shape index (κ1) is 22.3. The Labute approximate surface area is 183 Å². The number of methoxy groups -OCH3 is 1. The third kappa shape index (κ3) is 4.69. The normalized spacial score (nSPS) is 16.2. The van der Waals surface area contributed by atoms with Gasteiger partial charge in [-0.3, -0.25) is 9.59 Å². The van der Waals surface area contributed by atoms with Crippen molar-refractivity contribution >= 4 is 23.2 Å². The van der Waals surface area contributed by atoms with Gasteiger partial charge in [0.05, 0.1) is 19.7 Å². The lowest BCUT2D eigenvalue weighted by Crippen LogP contribution is -2.49. The van der Waals surface area contributed by atoms with E-state index in [0.717, 1.165) is 24.2 Å². The summed E-state index contributed by atoms with van der Waals surface area (Å²) < 4.78 is 5.30. The van der Waals surface area contributed by atoms with Gasteiger partial charge in [-0.1, -0.05) is 39.8 Å². The summed E-state index contributed by atoms with van der Waals surface area (Å²) >= 11 is 1.75. The van der Waals surface area contributed by atoms with Crippen LogP contribution in [0.5, 0.6) is 5.75 Å². The van der Waals surface area contributed by atoms with Crippen LogP contribution in [0.15, 0.2) is 35.7 Å². The molecule has 6 heteroatoms. The molecule has 1 aromatic heterocycles. The van der Waals surface area contributed by atoms with E-state index >= 15 is 0 Å². The van der Waals surface area contributed by atoms with Gasteiger partial charge in [-0.15, -0.1) is 11.3 Å². The van der Waals surface area contributed by atoms with Crippen LogP contribution in [0.1, 0.15) is 56.2 Å². The van der Waals surface area contributed by atoms with E-state index in [1.165, 1.54) is 10.4 Å². The number of amides is 2. The molecule has 2 aromatic rings. The first-order valence-electron chi connectivity index (χ1n) is 10.5. The van der Waals surface area contributed by atoms with Gasteiger partial charge in [0.15, 0.2) is 0 Å². The van der Waals surface area contributed by atoms with Crippen LogP contribution >= 0.6 is 11.3 Å². The smallest absolute Gasteiger partial charge is 0.242 e. The number of hydrogen-bond donors (Lipinski definition) is 0. The average molecular weight is 429 g/mol. The van der Waals surface area contributed by atoms with Crippen molar-refractivity contribution < 1.29 is 14.3 Å². The highest BCUT2D eigenvalue weighted by molar-refractivity contribution is 7.10. The van der Waals surface area contributed by atoms with Gasteiger partial charge in [0.25, 0.3) is 0 Å². The Morgan fingerprint density at radius 2 is 1.90 bits per heavy atom. The molecule has 5 nitrogen and oxygen atoms in total. The minimum absolute atomic E-state index is 0.00119. The summed E-state index contributed by atoms with van der Waals surface area (Å²) in [6.07, 6.45) is 1.68. The van der Waals surface area contributed by atoms with Gasteiger partial charge < -0.3 is 14.5 Å². The van der Waals surface area contributed by atoms with Gasteiger partial charge in [-0.25, -0.2) is 0 Å². The molecule has 0 radical (unpaired) electrons. The molecule has 1 aromatic carbocycles. The molecule has 1 aliphatic rings. The summed E-state index contributed by atoms with van der Waals surface area (Å²) in [6.45, 7) is 9.12. The number of ether oxygens (including phenoxy) is 1. The van der Waals surface area contributed by atoms with Crippen molar-refractivity contribution in [2.75, 3.05) is 26.7 Å². The number of nitrogens with zero attached hydrogens (tertiary/aromatic N) is 2. The number of hydrogen-bond acceptors (Lipinski definition) is 4. The van der Waals surface area contributed by atoms with Gasteiger partial charge in [-0.2, -0.15) is 0 Å². The zero-order valence-electron chi connectivity index (χ0n) is 18.6. The lowest BCUT2D eigenvalue weighted by molar-refractivity contribution is -0.146. The van der Waals surface area contributed by atoms with E-state index < -0.39 is 5.41 Å². The fourth-order valence-electron chi connectivity index (χ4n) is 3.98. The van der Waals surface area contributed by atoms with Gasteiger partial charge in [0.2, 0.25) is 11.8 Å². The van der Waals surface area contributed by atoms with E-state index in [9.17, 15) is 9.59 Å². The summed E-state index contributed by atoms with van der Waals surface area (Å²) in [7, 11) is 1.65. The van der Waals surface area contributed by atoms with Crippen molar-refractivity contribution in [1.29, 1.82) is 0 Å². The van der Waals surface area contributed by atoms with Gasteiger partial charge in [-0.05, 0) is 47.5 Å². The van der Waals surface area contributed by atoms with Crippen LogP contribution in [-0.2, 0) is 16.0 Å². The molecule has 0 aliphatic carbocycles. The maximum atomic E-state index is 13.5. The standard InChI is InChI=1S/C24H32N2O3S/c1-6-13-25(23(28)24(2,3)4)16-21(27)26-14-11-20-19(12-15-30-20)22(26)17-7-9-18(29-5)10-8-17/h7-10,12,15,22H,6,11,13-14,16H2,1-5H3/t22-/m1/s1. The van der Waals surface area contributed by atoms with E-state index in [-0.39, 0.29) is 24.4 Å². The van der Waals surface area contributed by atoms with Gasteiger partial charge >= 0.3 is 0 Å². The Kier molecular flexibility index (Phi) is 6.86. The van der Waals surface area contributed by atoms with E-state index in [2.05, 4.69) is 11.4 Å². The van der Waals surface area contributed by atoms with E-state index in [0.29, 0.717) is 13.1 Å². The van der Waals surface area contributed by atoms with Crippen molar-refractivity contribution in [1.82, 2.24) is 9.80 Å². The molecule has 0 bridgehead atoms. The molecule has 2 heterocycles. The summed E-state index contributed by atoms with van der Waals surface area (Å²) in [5.41, 5.74) is 1.74. The van der Waals surface area contributed by atoms with Crippen LogP contribution in [0.3, 0.4) is 0 Å². The Morgan fingerprint density at radius 3 is 2.50 bits per heavy atom. The summed E-state index contributed by atoms with van der Waals surface area (Å²) in [5, 5.41) is 2.10. The molecule has 162 valence electrons. The highest BCUT2D eigenvalue weighted by Gasteiger charge is 2.35. The Balaban J connectivity index is 1.89. The molecular weight excluding hydrogens is 396 g/mol. The fraction of sp³-hybridized carbons (Fsp3) is 0.500. The third-order valence-corrected chi connectivity index (χ3v) is 6.46. The van der Waals surface area contributed by atoms with Crippen molar-refractivity contribution in [3.05, 3.63) is 51.7 Å².